The summed E-state index contributed by atoms with van der Waals surface area (Å²) in [4.78, 5) is 35.9. The molecule has 6 nitrogen and oxygen atoms in total. The second kappa shape index (κ2) is 8.31. The Hall–Kier alpha value is -2.37. The molecule has 2 rings (SSSR count). The van der Waals surface area contributed by atoms with Crippen molar-refractivity contribution in [2.24, 2.45) is 0 Å². The number of carbonyl (C=O) groups excluding carboxylic acids is 3. The zero-order chi connectivity index (χ0) is 16.7. The summed E-state index contributed by atoms with van der Waals surface area (Å²) >= 11 is 0. The van der Waals surface area contributed by atoms with Gasteiger partial charge in [-0.05, 0) is 31.4 Å². The molecule has 0 aliphatic heterocycles. The van der Waals surface area contributed by atoms with Crippen LogP contribution in [0.1, 0.15) is 49.4 Å². The van der Waals surface area contributed by atoms with Crippen molar-refractivity contribution in [3.8, 4) is 0 Å². The second-order valence-corrected chi connectivity index (χ2v) is 5.71. The molecule has 3 amide bonds. The molecule has 1 fully saturated rings. The molecule has 0 bridgehead atoms. The normalized spacial score (nSPS) is 14.3. The minimum atomic E-state index is -0.764. The molecule has 0 spiro atoms. The molecular weight excluding hydrogens is 294 g/mol. The predicted octanol–water partition coefficient (Wildman–Crippen LogP) is 1.82. The van der Waals surface area contributed by atoms with Crippen LogP contribution in [0.15, 0.2) is 24.3 Å². The lowest BCUT2D eigenvalue weighted by Crippen LogP contribution is -2.37. The Kier molecular flexibility index (Phi) is 6.14. The van der Waals surface area contributed by atoms with Crippen molar-refractivity contribution in [2.75, 3.05) is 11.9 Å². The van der Waals surface area contributed by atoms with E-state index in [-0.39, 0.29) is 11.9 Å². The average Bonchev–Trinajstić information content (AvgIpc) is 3.05. The van der Waals surface area contributed by atoms with Gasteiger partial charge in [-0.1, -0.05) is 31.9 Å². The van der Waals surface area contributed by atoms with Crippen LogP contribution in [-0.2, 0) is 9.59 Å². The maximum absolute atomic E-state index is 12.4. The number of nitrogens with one attached hydrogen (secondary N) is 3. The van der Waals surface area contributed by atoms with Gasteiger partial charge < -0.3 is 16.0 Å². The summed E-state index contributed by atoms with van der Waals surface area (Å²) in [6.45, 7) is 2.34. The van der Waals surface area contributed by atoms with Crippen molar-refractivity contribution >= 4 is 23.4 Å². The summed E-state index contributed by atoms with van der Waals surface area (Å²) in [5.74, 6) is -1.68. The molecule has 0 unspecified atom stereocenters. The summed E-state index contributed by atoms with van der Waals surface area (Å²) in [7, 11) is 0. The van der Waals surface area contributed by atoms with Gasteiger partial charge in [0.2, 0.25) is 0 Å². The highest BCUT2D eigenvalue weighted by molar-refractivity contribution is 6.40. The number of para-hydroxylation sites is 1. The Labute approximate surface area is 136 Å². The zero-order valence-corrected chi connectivity index (χ0v) is 13.4. The average molecular weight is 317 g/mol. The first-order chi connectivity index (χ1) is 11.1. The van der Waals surface area contributed by atoms with E-state index >= 15 is 0 Å². The molecule has 6 heteroatoms. The van der Waals surface area contributed by atoms with Crippen molar-refractivity contribution in [3.63, 3.8) is 0 Å². The molecule has 0 heterocycles. The third kappa shape index (κ3) is 4.81. The van der Waals surface area contributed by atoms with Gasteiger partial charge in [0.1, 0.15) is 0 Å². The molecular formula is C17H23N3O3. The minimum Gasteiger partial charge on any atom is -0.349 e. The highest BCUT2D eigenvalue weighted by Crippen LogP contribution is 2.20. The molecule has 0 saturated heterocycles. The molecule has 0 atom stereocenters. The lowest BCUT2D eigenvalue weighted by atomic mass is 10.1. The van der Waals surface area contributed by atoms with Crippen molar-refractivity contribution in [1.29, 1.82) is 0 Å². The van der Waals surface area contributed by atoms with Gasteiger partial charge in [-0.25, -0.2) is 0 Å². The number of hydrogen-bond donors (Lipinski definition) is 3. The fourth-order valence-corrected chi connectivity index (χ4v) is 2.62. The zero-order valence-electron chi connectivity index (χ0n) is 13.4. The van der Waals surface area contributed by atoms with Crippen LogP contribution in [0.4, 0.5) is 5.69 Å². The first kappa shape index (κ1) is 17.0. The molecule has 23 heavy (non-hydrogen) atoms. The smallest absolute Gasteiger partial charge is 0.313 e. The molecule has 0 radical (unpaired) electrons. The topological polar surface area (TPSA) is 87.3 Å². The van der Waals surface area contributed by atoms with Gasteiger partial charge in [-0.2, -0.15) is 0 Å². The van der Waals surface area contributed by atoms with Gasteiger partial charge in [0.25, 0.3) is 5.91 Å². The summed E-state index contributed by atoms with van der Waals surface area (Å²) in [6, 6.07) is 6.90. The van der Waals surface area contributed by atoms with E-state index in [0.717, 1.165) is 32.1 Å². The van der Waals surface area contributed by atoms with Crippen LogP contribution >= 0.6 is 0 Å². The Morgan fingerprint density at radius 1 is 1.09 bits per heavy atom. The summed E-state index contributed by atoms with van der Waals surface area (Å²) in [5, 5.41) is 8.00. The minimum absolute atomic E-state index is 0.194. The molecule has 1 aromatic carbocycles. The maximum atomic E-state index is 12.4. The van der Waals surface area contributed by atoms with Gasteiger partial charge in [0.05, 0.1) is 11.3 Å². The predicted molar refractivity (Wildman–Crippen MR) is 88.1 cm³/mol. The molecule has 124 valence electrons. The van der Waals surface area contributed by atoms with Crippen molar-refractivity contribution in [1.82, 2.24) is 10.6 Å². The van der Waals surface area contributed by atoms with Crippen molar-refractivity contribution < 1.29 is 14.4 Å². The van der Waals surface area contributed by atoms with Crippen LogP contribution in [0.2, 0.25) is 0 Å². The SMILES string of the molecule is CCCNC(=O)C(=O)Nc1ccccc1C(=O)NC1CCCC1. The van der Waals surface area contributed by atoms with Gasteiger partial charge >= 0.3 is 11.8 Å². The van der Waals surface area contributed by atoms with Gasteiger partial charge in [-0.15, -0.1) is 0 Å². The molecule has 1 aliphatic carbocycles. The summed E-state index contributed by atoms with van der Waals surface area (Å²) < 4.78 is 0. The molecule has 1 aliphatic rings. The van der Waals surface area contributed by atoms with E-state index in [1.165, 1.54) is 0 Å². The van der Waals surface area contributed by atoms with Crippen LogP contribution in [-0.4, -0.2) is 30.3 Å². The second-order valence-electron chi connectivity index (χ2n) is 5.71. The number of anilines is 1. The van der Waals surface area contributed by atoms with Crippen molar-refractivity contribution in [2.45, 2.75) is 45.1 Å². The summed E-state index contributed by atoms with van der Waals surface area (Å²) in [6.07, 6.45) is 4.97. The third-order valence-corrected chi connectivity index (χ3v) is 3.85. The van der Waals surface area contributed by atoms with Crippen LogP contribution in [0.25, 0.3) is 0 Å². The van der Waals surface area contributed by atoms with E-state index in [4.69, 9.17) is 0 Å². The van der Waals surface area contributed by atoms with E-state index in [1.54, 1.807) is 24.3 Å². The summed E-state index contributed by atoms with van der Waals surface area (Å²) in [5.41, 5.74) is 0.718. The van der Waals surface area contributed by atoms with E-state index in [2.05, 4.69) is 16.0 Å². The fraction of sp³-hybridized carbons (Fsp3) is 0.471. The van der Waals surface area contributed by atoms with Gasteiger partial charge in [0.15, 0.2) is 0 Å². The first-order valence-electron chi connectivity index (χ1n) is 8.11. The van der Waals surface area contributed by atoms with Crippen LogP contribution in [0.5, 0.6) is 0 Å². The van der Waals surface area contributed by atoms with Gasteiger partial charge in [0, 0.05) is 12.6 Å². The fourth-order valence-electron chi connectivity index (χ4n) is 2.62. The van der Waals surface area contributed by atoms with E-state index in [9.17, 15) is 14.4 Å². The lowest BCUT2D eigenvalue weighted by Gasteiger charge is -2.14. The Balaban J connectivity index is 2.03. The quantitative estimate of drug-likeness (QED) is 0.724. The monoisotopic (exact) mass is 317 g/mol. The number of amides is 3. The van der Waals surface area contributed by atoms with Crippen LogP contribution < -0.4 is 16.0 Å². The largest absolute Gasteiger partial charge is 0.349 e. The molecule has 0 aromatic heterocycles. The number of hydrogen-bond acceptors (Lipinski definition) is 3. The highest BCUT2D eigenvalue weighted by atomic mass is 16.2. The molecule has 1 aromatic rings. The lowest BCUT2D eigenvalue weighted by molar-refractivity contribution is -0.136. The first-order valence-corrected chi connectivity index (χ1v) is 8.11. The maximum Gasteiger partial charge on any atom is 0.313 e. The van der Waals surface area contributed by atoms with Gasteiger partial charge in [-0.3, -0.25) is 14.4 Å². The molecule has 3 N–H and O–H groups in total. The molecule has 1 saturated carbocycles. The van der Waals surface area contributed by atoms with E-state index < -0.39 is 11.8 Å². The standard InChI is InChI=1S/C17H23N3O3/c1-2-11-18-16(22)17(23)20-14-10-6-5-9-13(14)15(21)19-12-7-3-4-8-12/h5-6,9-10,12H,2-4,7-8,11H2,1H3,(H,18,22)(H,19,21)(H,20,23). The number of rotatable bonds is 5. The van der Waals surface area contributed by atoms with Crippen molar-refractivity contribution in [3.05, 3.63) is 29.8 Å². The number of benzene rings is 1. The van der Waals surface area contributed by atoms with Crippen LogP contribution in [0, 0.1) is 0 Å². The highest BCUT2D eigenvalue weighted by Gasteiger charge is 2.21. The van der Waals surface area contributed by atoms with E-state index in [0.29, 0.717) is 17.8 Å². The Morgan fingerprint density at radius 3 is 2.48 bits per heavy atom. The third-order valence-electron chi connectivity index (χ3n) is 3.85. The Bertz CT molecular complexity index is 580. The Morgan fingerprint density at radius 2 is 1.78 bits per heavy atom. The van der Waals surface area contributed by atoms with E-state index in [1.807, 2.05) is 6.92 Å². The number of carbonyl (C=O) groups is 3. The van der Waals surface area contributed by atoms with Crippen LogP contribution in [0.3, 0.4) is 0 Å².